The number of hydrogen-bond donors (Lipinski definition) is 1. The van der Waals surface area contributed by atoms with Gasteiger partial charge in [-0.2, -0.15) is 0 Å². The Kier molecular flexibility index (Phi) is 6.41. The second-order valence-corrected chi connectivity index (χ2v) is 8.68. The van der Waals surface area contributed by atoms with Gasteiger partial charge in [0.15, 0.2) is 0 Å². The van der Waals surface area contributed by atoms with E-state index in [1.807, 2.05) is 30.3 Å². The number of aliphatic hydroxyl groups is 1. The minimum atomic E-state index is -0.646. The second-order valence-electron chi connectivity index (χ2n) is 8.68. The van der Waals surface area contributed by atoms with Crippen LogP contribution in [0.2, 0.25) is 0 Å². The van der Waals surface area contributed by atoms with Crippen molar-refractivity contribution in [2.24, 2.45) is 11.8 Å². The normalized spacial score (nSPS) is 33.3. The van der Waals surface area contributed by atoms with Crippen molar-refractivity contribution in [1.82, 2.24) is 0 Å². The predicted molar refractivity (Wildman–Crippen MR) is 111 cm³/mol. The largest absolute Gasteiger partial charge is 0.458 e. The fourth-order valence-electron chi connectivity index (χ4n) is 4.31. The number of fused-ring (bicyclic) bond motifs is 1. The molecule has 1 aromatic carbocycles. The van der Waals surface area contributed by atoms with Crippen LogP contribution in [-0.2, 0) is 14.3 Å². The summed E-state index contributed by atoms with van der Waals surface area (Å²) in [4.78, 5) is 12.5. The van der Waals surface area contributed by atoms with Crippen molar-refractivity contribution in [3.8, 4) is 0 Å². The Hall–Kier alpha value is -1.91. The molecule has 28 heavy (non-hydrogen) atoms. The number of ether oxygens (including phenoxy) is 2. The third kappa shape index (κ3) is 4.92. The molecular formula is C24H32O4. The van der Waals surface area contributed by atoms with Crippen LogP contribution >= 0.6 is 0 Å². The highest BCUT2D eigenvalue weighted by molar-refractivity contribution is 5.87. The molecule has 1 saturated heterocycles. The summed E-state index contributed by atoms with van der Waals surface area (Å²) in [6.45, 7) is 8.27. The monoisotopic (exact) mass is 384 g/mol. The molecule has 4 nitrogen and oxygen atoms in total. The van der Waals surface area contributed by atoms with Crippen LogP contribution in [-0.4, -0.2) is 35.0 Å². The van der Waals surface area contributed by atoms with Gasteiger partial charge >= 0.3 is 5.97 Å². The van der Waals surface area contributed by atoms with Crippen LogP contribution in [0.1, 0.15) is 52.5 Å². The predicted octanol–water partition coefficient (Wildman–Crippen LogP) is 4.53. The Morgan fingerprint density at radius 3 is 2.71 bits per heavy atom. The third-order valence-electron chi connectivity index (χ3n) is 5.98. The molecule has 152 valence electrons. The molecule has 0 spiro atoms. The minimum Gasteiger partial charge on any atom is -0.458 e. The first-order valence-electron chi connectivity index (χ1n) is 10.3. The van der Waals surface area contributed by atoms with Crippen molar-refractivity contribution >= 4 is 12.0 Å². The number of hydrogen-bond acceptors (Lipinski definition) is 4. The molecule has 3 rings (SSSR count). The Bertz CT molecular complexity index is 736. The number of esters is 1. The molecule has 1 aliphatic carbocycles. The molecule has 1 N–H and O–H groups in total. The number of carbonyl (C=O) groups excluding carboxylic acids is 1. The quantitative estimate of drug-likeness (QED) is 0.359. The number of rotatable bonds is 4. The molecule has 0 bridgehead atoms. The minimum absolute atomic E-state index is 0.159. The van der Waals surface area contributed by atoms with Crippen molar-refractivity contribution < 1.29 is 19.4 Å². The van der Waals surface area contributed by atoms with Gasteiger partial charge in [-0.3, -0.25) is 0 Å². The molecule has 0 unspecified atom stereocenters. The van der Waals surface area contributed by atoms with E-state index in [4.69, 9.17) is 9.47 Å². The van der Waals surface area contributed by atoms with E-state index in [9.17, 15) is 9.90 Å². The molecule has 0 aromatic heterocycles. The average Bonchev–Trinajstić information content (AvgIpc) is 3.31. The third-order valence-corrected chi connectivity index (χ3v) is 5.98. The van der Waals surface area contributed by atoms with Crippen molar-refractivity contribution in [2.45, 2.75) is 70.9 Å². The number of aliphatic hydroxyl groups excluding tert-OH is 1. The first-order valence-corrected chi connectivity index (χ1v) is 10.3. The molecule has 5 atom stereocenters. The highest BCUT2D eigenvalue weighted by Crippen LogP contribution is 2.47. The Morgan fingerprint density at radius 1 is 1.32 bits per heavy atom. The maximum absolute atomic E-state index is 12.5. The molecule has 0 saturated carbocycles. The molecule has 1 aliphatic heterocycles. The lowest BCUT2D eigenvalue weighted by molar-refractivity contribution is -0.150. The number of carbonyl (C=O) groups is 1. The smallest absolute Gasteiger partial charge is 0.331 e. The van der Waals surface area contributed by atoms with Gasteiger partial charge in [0, 0.05) is 18.4 Å². The van der Waals surface area contributed by atoms with Gasteiger partial charge in [-0.15, -0.1) is 0 Å². The van der Waals surface area contributed by atoms with Crippen LogP contribution in [0, 0.1) is 11.8 Å². The standard InChI is InChI=1S/C24H32O4/c1-16(2)21-19(27-20(25)13-12-18-10-6-5-7-11-18)15-17(3)9-8-14-24(4)23(28-24)22(21)26/h5-7,9-13,16,19,21-23,26H,8,14-15H2,1-4H3/t19-,21-,22-,23-,24+/m1/s1. The molecule has 0 radical (unpaired) electrons. The summed E-state index contributed by atoms with van der Waals surface area (Å²) in [7, 11) is 0. The van der Waals surface area contributed by atoms with Gasteiger partial charge in [0.05, 0.1) is 11.7 Å². The summed E-state index contributed by atoms with van der Waals surface area (Å²) >= 11 is 0. The first-order chi connectivity index (χ1) is 13.3. The zero-order valence-corrected chi connectivity index (χ0v) is 17.3. The van der Waals surface area contributed by atoms with Gasteiger partial charge in [-0.25, -0.2) is 4.79 Å². The average molecular weight is 385 g/mol. The van der Waals surface area contributed by atoms with Gasteiger partial charge in [0.1, 0.15) is 12.2 Å². The molecule has 1 heterocycles. The summed E-state index contributed by atoms with van der Waals surface area (Å²) in [5, 5.41) is 11.1. The van der Waals surface area contributed by atoms with E-state index < -0.39 is 6.10 Å². The van der Waals surface area contributed by atoms with Crippen LogP contribution in [0.5, 0.6) is 0 Å². The number of epoxide rings is 1. The van der Waals surface area contributed by atoms with E-state index in [1.165, 1.54) is 11.6 Å². The zero-order chi connectivity index (χ0) is 20.3. The summed E-state index contributed by atoms with van der Waals surface area (Å²) in [6.07, 6.45) is 6.66. The van der Waals surface area contributed by atoms with Gasteiger partial charge in [0.25, 0.3) is 0 Å². The SMILES string of the molecule is CC1=CCC[C@]2(C)O[C@@H]2[C@H](O)[C@H](C(C)C)[C@H](OC(=O)C=Cc2ccccc2)C1. The summed E-state index contributed by atoms with van der Waals surface area (Å²) in [5.74, 6) is -0.398. The van der Waals surface area contributed by atoms with E-state index in [-0.39, 0.29) is 35.6 Å². The summed E-state index contributed by atoms with van der Waals surface area (Å²) in [5.41, 5.74) is 1.86. The lowest BCUT2D eigenvalue weighted by Crippen LogP contribution is -2.43. The van der Waals surface area contributed by atoms with Crippen LogP contribution in [0.4, 0.5) is 0 Å². The Labute approximate surface area is 168 Å². The fraction of sp³-hybridized carbons (Fsp3) is 0.542. The van der Waals surface area contributed by atoms with Crippen LogP contribution < -0.4 is 0 Å². The molecule has 1 fully saturated rings. The second kappa shape index (κ2) is 8.62. The van der Waals surface area contributed by atoms with E-state index in [0.29, 0.717) is 6.42 Å². The topological polar surface area (TPSA) is 59.1 Å². The van der Waals surface area contributed by atoms with E-state index in [2.05, 4.69) is 33.8 Å². The lowest BCUT2D eigenvalue weighted by Gasteiger charge is -2.34. The zero-order valence-electron chi connectivity index (χ0n) is 17.3. The van der Waals surface area contributed by atoms with E-state index in [0.717, 1.165) is 18.4 Å². The summed E-state index contributed by atoms with van der Waals surface area (Å²) < 4.78 is 11.8. The molecule has 1 aromatic rings. The first kappa shape index (κ1) is 20.8. The maximum Gasteiger partial charge on any atom is 0.331 e. The Morgan fingerprint density at radius 2 is 2.04 bits per heavy atom. The van der Waals surface area contributed by atoms with Gasteiger partial charge in [0.2, 0.25) is 0 Å². The van der Waals surface area contributed by atoms with Crippen LogP contribution in [0.3, 0.4) is 0 Å². The number of benzene rings is 1. The molecule has 4 heteroatoms. The molecule has 0 amide bonds. The van der Waals surface area contributed by atoms with Crippen molar-refractivity contribution in [1.29, 1.82) is 0 Å². The van der Waals surface area contributed by atoms with Crippen molar-refractivity contribution in [3.63, 3.8) is 0 Å². The lowest BCUT2D eigenvalue weighted by atomic mass is 9.78. The molecular weight excluding hydrogens is 352 g/mol. The van der Waals surface area contributed by atoms with Gasteiger partial charge < -0.3 is 14.6 Å². The highest BCUT2D eigenvalue weighted by Gasteiger charge is 2.58. The van der Waals surface area contributed by atoms with E-state index >= 15 is 0 Å². The fourth-order valence-corrected chi connectivity index (χ4v) is 4.31. The van der Waals surface area contributed by atoms with Gasteiger partial charge in [-0.1, -0.05) is 55.8 Å². The summed E-state index contributed by atoms with van der Waals surface area (Å²) in [6, 6.07) is 9.67. The number of allylic oxidation sites excluding steroid dienone is 1. The van der Waals surface area contributed by atoms with Crippen LogP contribution in [0.25, 0.3) is 6.08 Å². The van der Waals surface area contributed by atoms with Crippen molar-refractivity contribution in [3.05, 3.63) is 53.6 Å². The Balaban J connectivity index is 1.79. The maximum atomic E-state index is 12.5. The van der Waals surface area contributed by atoms with Crippen LogP contribution in [0.15, 0.2) is 48.1 Å². The highest BCUT2D eigenvalue weighted by atomic mass is 16.6. The van der Waals surface area contributed by atoms with E-state index in [1.54, 1.807) is 6.08 Å². The van der Waals surface area contributed by atoms with Crippen molar-refractivity contribution in [2.75, 3.05) is 0 Å². The van der Waals surface area contributed by atoms with Gasteiger partial charge in [-0.05, 0) is 44.2 Å². The molecule has 2 aliphatic rings.